The number of benzene rings is 4. The summed E-state index contributed by atoms with van der Waals surface area (Å²) < 4.78 is 2.91. The highest BCUT2D eigenvalue weighted by atomic mass is 35.5. The molecule has 17 heteroatoms. The zero-order valence-corrected chi connectivity index (χ0v) is 35.2. The quantitative estimate of drug-likeness (QED) is 0.0382. The van der Waals surface area contributed by atoms with Crippen LogP contribution in [0.5, 0.6) is 0 Å². The molecular weight excluding hydrogens is 836 g/mol. The van der Waals surface area contributed by atoms with Gasteiger partial charge >= 0.3 is 11.9 Å². The SMILES string of the molecule is CC(C(=O)O)N(CCNCN1C(=Cc2sc3ccc(Cl)cc3[n+]2CNC(=O)CCN(c2ccc(C=O)cc2)C(C)C(=O)O)Sc2ccc(Cl)cc21)c1ccc(C=O)cc1. The maximum atomic E-state index is 13.4. The van der Waals surface area contributed by atoms with E-state index in [4.69, 9.17) is 23.2 Å². The van der Waals surface area contributed by atoms with E-state index in [2.05, 4.69) is 15.5 Å². The fraction of sp³-hybridized carbons (Fsp3) is 0.238. The van der Waals surface area contributed by atoms with Crippen LogP contribution < -0.4 is 29.9 Å². The first kappa shape index (κ1) is 43.1. The molecule has 2 heterocycles. The maximum Gasteiger partial charge on any atom is 0.326 e. The number of hydrogen-bond donors (Lipinski definition) is 4. The van der Waals surface area contributed by atoms with Crippen LogP contribution in [0.2, 0.25) is 10.0 Å². The largest absolute Gasteiger partial charge is 0.480 e. The van der Waals surface area contributed by atoms with Gasteiger partial charge in [-0.25, -0.2) is 9.59 Å². The van der Waals surface area contributed by atoms with Gasteiger partial charge in [-0.05, 0) is 92.7 Å². The second-order valence-corrected chi connectivity index (χ2v) is 16.6. The number of aliphatic carboxylic acids is 2. The van der Waals surface area contributed by atoms with Gasteiger partial charge in [0.25, 0.3) is 5.01 Å². The number of nitrogens with zero attached hydrogens (tertiary/aromatic N) is 4. The minimum absolute atomic E-state index is 0.00491. The molecule has 1 aromatic heterocycles. The number of fused-ring (bicyclic) bond motifs is 2. The van der Waals surface area contributed by atoms with E-state index in [0.29, 0.717) is 58.6 Å². The lowest BCUT2D eigenvalue weighted by Crippen LogP contribution is -2.46. The van der Waals surface area contributed by atoms with Crippen molar-refractivity contribution in [3.05, 3.63) is 116 Å². The second kappa shape index (κ2) is 19.5. The Bertz CT molecular complexity index is 2390. The predicted octanol–water partition coefficient (Wildman–Crippen LogP) is 7.00. The number of rotatable bonds is 19. The molecule has 4 N–H and O–H groups in total. The molecule has 0 bridgehead atoms. The zero-order valence-electron chi connectivity index (χ0n) is 32.0. The van der Waals surface area contributed by atoms with Crippen LogP contribution in [-0.4, -0.2) is 79.0 Å². The van der Waals surface area contributed by atoms with Gasteiger partial charge in [-0.1, -0.05) is 46.3 Å². The van der Waals surface area contributed by atoms with Crippen molar-refractivity contribution < 1.29 is 38.8 Å². The van der Waals surface area contributed by atoms with E-state index in [-0.39, 0.29) is 25.5 Å². The molecule has 0 saturated heterocycles. The molecule has 0 radical (unpaired) electrons. The van der Waals surface area contributed by atoms with E-state index >= 15 is 0 Å². The second-order valence-electron chi connectivity index (χ2n) is 13.6. The van der Waals surface area contributed by atoms with Crippen LogP contribution in [0.15, 0.2) is 94.9 Å². The van der Waals surface area contributed by atoms with E-state index in [1.54, 1.807) is 83.9 Å². The summed E-state index contributed by atoms with van der Waals surface area (Å²) in [5.74, 6) is -2.31. The first-order chi connectivity index (χ1) is 28.4. The van der Waals surface area contributed by atoms with E-state index in [0.717, 1.165) is 37.1 Å². The summed E-state index contributed by atoms with van der Waals surface area (Å²) >= 11 is 16.0. The highest BCUT2D eigenvalue weighted by Gasteiger charge is 2.29. The molecule has 1 amide bonds. The first-order valence-electron chi connectivity index (χ1n) is 18.5. The van der Waals surface area contributed by atoms with Crippen LogP contribution >= 0.6 is 46.3 Å². The summed E-state index contributed by atoms with van der Waals surface area (Å²) in [7, 11) is 0. The number of carbonyl (C=O) groups is 5. The number of halogens is 2. The normalized spacial score (nSPS) is 13.8. The van der Waals surface area contributed by atoms with Gasteiger partial charge in [-0.15, -0.1) is 0 Å². The third kappa shape index (κ3) is 10.4. The monoisotopic (exact) mass is 875 g/mol. The van der Waals surface area contributed by atoms with Gasteiger partial charge in [-0.3, -0.25) is 19.7 Å². The van der Waals surface area contributed by atoms with E-state index < -0.39 is 24.0 Å². The Morgan fingerprint density at radius 3 is 1.98 bits per heavy atom. The number of aromatic nitrogens is 1. The number of aldehydes is 2. The molecule has 2 unspecified atom stereocenters. The fourth-order valence-corrected chi connectivity index (χ4v) is 9.08. The lowest BCUT2D eigenvalue weighted by Gasteiger charge is -2.29. The van der Waals surface area contributed by atoms with Crippen LogP contribution in [-0.2, 0) is 21.1 Å². The number of nitrogens with one attached hydrogen (secondary N) is 2. The number of thiazole rings is 1. The number of carboxylic acid groups (broad SMARTS) is 2. The van der Waals surface area contributed by atoms with Crippen LogP contribution in [0.4, 0.5) is 17.1 Å². The summed E-state index contributed by atoms with van der Waals surface area (Å²) in [6, 6.07) is 22.8. The van der Waals surface area contributed by atoms with Crippen molar-refractivity contribution in [2.45, 2.75) is 43.9 Å². The Hall–Kier alpha value is -5.45. The Morgan fingerprint density at radius 1 is 0.814 bits per heavy atom. The minimum atomic E-state index is -1.05. The number of thioether (sulfide) groups is 1. The molecule has 4 aromatic carbocycles. The smallest absolute Gasteiger partial charge is 0.326 e. The number of carboxylic acids is 2. The minimum Gasteiger partial charge on any atom is -0.480 e. The molecule has 0 aliphatic carbocycles. The number of carbonyl (C=O) groups excluding carboxylic acids is 3. The molecule has 2 atom stereocenters. The van der Waals surface area contributed by atoms with E-state index in [1.165, 1.54) is 11.3 Å². The van der Waals surface area contributed by atoms with E-state index in [1.807, 2.05) is 47.0 Å². The molecule has 0 saturated carbocycles. The van der Waals surface area contributed by atoms with Gasteiger partial charge in [0.1, 0.15) is 29.4 Å². The lowest BCUT2D eigenvalue weighted by atomic mass is 10.1. The molecule has 59 heavy (non-hydrogen) atoms. The lowest BCUT2D eigenvalue weighted by molar-refractivity contribution is -0.672. The molecule has 1 aliphatic rings. The summed E-state index contributed by atoms with van der Waals surface area (Å²) in [4.78, 5) is 66.2. The molecule has 306 valence electrons. The Balaban J connectivity index is 1.21. The topological polar surface area (TPSA) is 163 Å². The molecule has 6 rings (SSSR count). The van der Waals surface area contributed by atoms with Crippen molar-refractivity contribution in [2.24, 2.45) is 0 Å². The van der Waals surface area contributed by atoms with Gasteiger partial charge in [0.05, 0.1) is 23.5 Å². The summed E-state index contributed by atoms with van der Waals surface area (Å²) in [6.07, 6.45) is 3.50. The van der Waals surface area contributed by atoms with Crippen molar-refractivity contribution in [3.63, 3.8) is 0 Å². The van der Waals surface area contributed by atoms with Crippen molar-refractivity contribution >= 4 is 110 Å². The fourth-order valence-electron chi connectivity index (χ4n) is 6.51. The Kier molecular flexibility index (Phi) is 14.3. The van der Waals surface area contributed by atoms with Crippen molar-refractivity contribution in [2.75, 3.05) is 41.0 Å². The molecular formula is C42H41Cl2N6O7S2+. The molecule has 0 fully saturated rings. The highest BCUT2D eigenvalue weighted by Crippen LogP contribution is 2.47. The summed E-state index contributed by atoms with van der Waals surface area (Å²) in [5.41, 5.74) is 3.92. The predicted molar refractivity (Wildman–Crippen MR) is 233 cm³/mol. The van der Waals surface area contributed by atoms with Crippen LogP contribution in [0, 0.1) is 0 Å². The summed E-state index contributed by atoms with van der Waals surface area (Å²) in [5, 5.41) is 28.9. The van der Waals surface area contributed by atoms with Crippen LogP contribution in [0.25, 0.3) is 16.3 Å². The van der Waals surface area contributed by atoms with Crippen LogP contribution in [0.3, 0.4) is 0 Å². The van der Waals surface area contributed by atoms with Crippen LogP contribution in [0.1, 0.15) is 46.0 Å². The molecule has 5 aromatic rings. The number of anilines is 3. The van der Waals surface area contributed by atoms with Crippen molar-refractivity contribution in [1.82, 2.24) is 10.6 Å². The highest BCUT2D eigenvalue weighted by molar-refractivity contribution is 8.03. The summed E-state index contributed by atoms with van der Waals surface area (Å²) in [6.45, 7) is 4.55. The van der Waals surface area contributed by atoms with E-state index in [9.17, 15) is 34.2 Å². The Labute approximate surface area is 358 Å². The third-order valence-electron chi connectivity index (χ3n) is 9.82. The molecule has 1 aliphatic heterocycles. The molecule has 13 nitrogen and oxygen atoms in total. The van der Waals surface area contributed by atoms with Gasteiger partial charge in [-0.2, -0.15) is 4.57 Å². The van der Waals surface area contributed by atoms with Gasteiger partial charge < -0.3 is 30.2 Å². The average Bonchev–Trinajstić information content (AvgIpc) is 3.75. The standard InChI is InChI=1S/C42H40Cl2N6O7S2/c1-26(41(54)55)47(32-9-3-28(22-51)4-10-32)17-15-38(53)46-25-50-35-20-31(44)8-14-37(35)59-40(50)21-39-49(34-19-30(43)7-13-36(34)58-39)24-45-16-18-48(27(2)42(56)57)33-11-5-29(23-52)6-12-33/h3-14,19-23,26-27,45H,15-18,24-25H2,1-2H3,(H2-,46,53,54,55,56,57)/p+1. The van der Waals surface area contributed by atoms with Crippen molar-refractivity contribution in [1.29, 1.82) is 0 Å². The number of amides is 1. The maximum absolute atomic E-state index is 13.4. The van der Waals surface area contributed by atoms with Gasteiger partial charge in [0, 0.05) is 69.6 Å². The van der Waals surface area contributed by atoms with Gasteiger partial charge in [0.15, 0.2) is 0 Å². The Morgan fingerprint density at radius 2 is 1.39 bits per heavy atom. The van der Waals surface area contributed by atoms with Crippen molar-refractivity contribution in [3.8, 4) is 0 Å². The third-order valence-corrected chi connectivity index (χ3v) is 12.5. The first-order valence-corrected chi connectivity index (χ1v) is 20.9. The average molecular weight is 877 g/mol. The van der Waals surface area contributed by atoms with Gasteiger partial charge in [0.2, 0.25) is 18.1 Å². The molecule has 0 spiro atoms. The number of hydrogen-bond acceptors (Lipinski definition) is 11. The zero-order chi connectivity index (χ0) is 42.2.